The molecule has 3 aliphatic rings. The van der Waals surface area contributed by atoms with E-state index in [1.54, 1.807) is 74.5 Å². The van der Waals surface area contributed by atoms with Gasteiger partial charge in [-0.1, -0.05) is 54.8 Å². The highest BCUT2D eigenvalue weighted by Crippen LogP contribution is 2.46. The predicted octanol–water partition coefficient (Wildman–Crippen LogP) is 6.25. The number of unbranched alkanes of at least 4 members (excludes halogenated alkanes) is 3. The lowest BCUT2D eigenvalue weighted by atomic mass is 10.0. The van der Waals surface area contributed by atoms with Crippen molar-refractivity contribution < 1.29 is 56.9 Å². The SMILES string of the molecule is CC(C)(c1cccc(NC(=O)CCCCCCNC(=O)CNc2cccc3c2CN(C2CCC(=O)NC2=O)C3=O)c1)S(=O)(=O)N1CCC(Nc2cccc(-c3sc(C(=O)O)c(OCC(=O)O)c3Cl)c2)CC1. The number of carboxylic acid groups (broad SMARTS) is 2. The maximum Gasteiger partial charge on any atom is 0.349 e. The first-order valence-electron chi connectivity index (χ1n) is 23.3. The second-order valence-electron chi connectivity index (χ2n) is 18.0. The highest BCUT2D eigenvalue weighted by Gasteiger charge is 2.43. The molecule has 1 unspecified atom stereocenters. The number of carbonyl (C=O) groups is 7. The molecule has 4 heterocycles. The Hall–Kier alpha value is -6.55. The number of fused-ring (bicyclic) bond motifs is 1. The Morgan fingerprint density at radius 1 is 0.901 bits per heavy atom. The number of sulfonamides is 1. The van der Waals surface area contributed by atoms with E-state index in [4.69, 9.17) is 21.4 Å². The van der Waals surface area contributed by atoms with E-state index >= 15 is 0 Å². The third-order valence-electron chi connectivity index (χ3n) is 12.8. The molecule has 1 aromatic heterocycles. The molecule has 71 heavy (non-hydrogen) atoms. The zero-order valence-electron chi connectivity index (χ0n) is 39.2. The molecule has 7 N–H and O–H groups in total. The molecule has 0 spiro atoms. The third kappa shape index (κ3) is 12.3. The average molecular weight is 1030 g/mol. The Balaban J connectivity index is 0.812. The number of hydrogen-bond acceptors (Lipinski definition) is 13. The summed E-state index contributed by atoms with van der Waals surface area (Å²) in [5.74, 6) is -4.34. The first-order chi connectivity index (χ1) is 33.8. The van der Waals surface area contributed by atoms with Crippen molar-refractivity contribution in [3.63, 3.8) is 0 Å². The van der Waals surface area contributed by atoms with Crippen LogP contribution in [0.25, 0.3) is 10.4 Å². The van der Waals surface area contributed by atoms with Gasteiger partial charge in [-0.15, -0.1) is 11.3 Å². The Morgan fingerprint density at radius 3 is 2.35 bits per heavy atom. The second-order valence-corrected chi connectivity index (χ2v) is 21.9. The summed E-state index contributed by atoms with van der Waals surface area (Å²) in [4.78, 5) is 87.3. The minimum atomic E-state index is -3.86. The zero-order chi connectivity index (χ0) is 51.0. The Morgan fingerprint density at radius 2 is 1.62 bits per heavy atom. The summed E-state index contributed by atoms with van der Waals surface area (Å²) >= 11 is 7.37. The number of rotatable bonds is 22. The third-order valence-corrected chi connectivity index (χ3v) is 17.0. The summed E-state index contributed by atoms with van der Waals surface area (Å²) in [6.07, 6.45) is 4.57. The molecule has 0 saturated carbocycles. The number of amides is 5. The number of halogens is 1. The molecule has 0 radical (unpaired) electrons. The number of aliphatic carboxylic acids is 1. The van der Waals surface area contributed by atoms with E-state index in [0.29, 0.717) is 76.4 Å². The minimum absolute atomic E-state index is 0.00399. The normalized spacial score (nSPS) is 16.5. The highest BCUT2D eigenvalue weighted by molar-refractivity contribution is 7.90. The van der Waals surface area contributed by atoms with E-state index < -0.39 is 45.3 Å². The van der Waals surface area contributed by atoms with Crippen LogP contribution in [0.5, 0.6) is 5.75 Å². The van der Waals surface area contributed by atoms with Crippen LogP contribution in [0.1, 0.15) is 103 Å². The Bertz CT molecular complexity index is 2830. The number of anilines is 3. The zero-order valence-corrected chi connectivity index (χ0v) is 41.6. The number of benzene rings is 3. The second kappa shape index (κ2) is 22.7. The van der Waals surface area contributed by atoms with Gasteiger partial charge < -0.3 is 41.1 Å². The molecule has 2 saturated heterocycles. The van der Waals surface area contributed by atoms with Gasteiger partial charge >= 0.3 is 11.9 Å². The first-order valence-corrected chi connectivity index (χ1v) is 25.9. The number of thiophene rings is 1. The number of hydrogen-bond donors (Lipinski definition) is 7. The summed E-state index contributed by atoms with van der Waals surface area (Å²) in [6, 6.07) is 18.4. The van der Waals surface area contributed by atoms with Crippen molar-refractivity contribution in [2.75, 3.05) is 48.7 Å². The van der Waals surface area contributed by atoms with Crippen LogP contribution in [0.15, 0.2) is 66.7 Å². The topological polar surface area (TPSA) is 270 Å². The van der Waals surface area contributed by atoms with Gasteiger partial charge in [0.05, 0.1) is 11.4 Å². The van der Waals surface area contributed by atoms with Crippen LogP contribution in [0.2, 0.25) is 5.02 Å². The quantitative estimate of drug-likeness (QED) is 0.0339. The lowest BCUT2D eigenvalue weighted by Crippen LogP contribution is -2.52. The summed E-state index contributed by atoms with van der Waals surface area (Å²) < 4.78 is 33.7. The van der Waals surface area contributed by atoms with Gasteiger partial charge in [0, 0.05) is 73.3 Å². The van der Waals surface area contributed by atoms with E-state index in [1.807, 2.05) is 6.07 Å². The summed E-state index contributed by atoms with van der Waals surface area (Å²) in [6.45, 7) is 3.70. The number of carboxylic acids is 2. The predicted molar refractivity (Wildman–Crippen MR) is 267 cm³/mol. The maximum atomic E-state index is 14.2. The standard InChI is InChI=1S/C49H56ClN7O12S2/c1-49(2,71(67,68)56-22-19-31(20-23-56)53-32-12-7-10-29(24-32)44-42(50)43(69-28-41(61)62)45(70-44)48(65)66)30-11-8-13-33(25-30)54-38(58)16-5-3-4-6-21-51-40(60)26-52-36-15-9-14-34-35(36)27-57(47(34)64)37-17-18-39(59)55-46(37)63/h7-15,24-25,31,37,52-53H,3-6,16-23,26-28H2,1-2H3,(H,51,60)(H,54,58)(H,61,62)(H,65,66)(H,55,59,63). The summed E-state index contributed by atoms with van der Waals surface area (Å²) in [7, 11) is -3.86. The van der Waals surface area contributed by atoms with Crippen LogP contribution >= 0.6 is 22.9 Å². The van der Waals surface area contributed by atoms with E-state index in [9.17, 15) is 47.1 Å². The number of nitrogens with one attached hydrogen (secondary N) is 5. The van der Waals surface area contributed by atoms with Crippen LogP contribution in [0.3, 0.4) is 0 Å². The van der Waals surface area contributed by atoms with Crippen LogP contribution < -0.4 is 31.3 Å². The number of nitrogens with zero attached hydrogens (tertiary/aromatic N) is 2. The lowest BCUT2D eigenvalue weighted by molar-refractivity contribution is -0.139. The van der Waals surface area contributed by atoms with Crippen LogP contribution in [0.4, 0.5) is 17.1 Å². The van der Waals surface area contributed by atoms with Gasteiger partial charge in [-0.25, -0.2) is 22.3 Å². The molecule has 5 amide bonds. The summed E-state index contributed by atoms with van der Waals surface area (Å²) in [5, 5.41) is 33.4. The number of imide groups is 1. The molecule has 378 valence electrons. The molecule has 3 aliphatic heterocycles. The van der Waals surface area contributed by atoms with E-state index in [0.717, 1.165) is 24.2 Å². The molecule has 2 fully saturated rings. The van der Waals surface area contributed by atoms with Gasteiger partial charge in [0.25, 0.3) is 5.91 Å². The molecule has 4 aromatic rings. The van der Waals surface area contributed by atoms with E-state index in [-0.39, 0.29) is 90.8 Å². The fourth-order valence-electron chi connectivity index (χ4n) is 8.86. The van der Waals surface area contributed by atoms with Crippen molar-refractivity contribution in [1.29, 1.82) is 0 Å². The minimum Gasteiger partial charge on any atom is -0.479 e. The van der Waals surface area contributed by atoms with Gasteiger partial charge in [0.15, 0.2) is 17.2 Å². The van der Waals surface area contributed by atoms with Crippen molar-refractivity contribution in [1.82, 2.24) is 19.8 Å². The van der Waals surface area contributed by atoms with Crippen molar-refractivity contribution >= 4 is 91.5 Å². The molecular formula is C49H56ClN7O12S2. The smallest absolute Gasteiger partial charge is 0.349 e. The molecule has 3 aromatic carbocycles. The van der Waals surface area contributed by atoms with Crippen LogP contribution in [-0.4, -0.2) is 114 Å². The molecule has 7 rings (SSSR count). The molecule has 0 bridgehead atoms. The van der Waals surface area contributed by atoms with Gasteiger partial charge in [-0.3, -0.25) is 29.3 Å². The molecule has 19 nitrogen and oxygen atoms in total. The van der Waals surface area contributed by atoms with Crippen molar-refractivity contribution in [3.8, 4) is 16.2 Å². The van der Waals surface area contributed by atoms with Gasteiger partial charge in [-0.05, 0) is 93.5 Å². The number of aromatic carboxylic acids is 1. The van der Waals surface area contributed by atoms with Gasteiger partial charge in [0.2, 0.25) is 33.7 Å². The molecule has 0 aliphatic carbocycles. The fourth-order valence-corrected chi connectivity index (χ4v) is 12.0. The lowest BCUT2D eigenvalue weighted by Gasteiger charge is -2.37. The first kappa shape index (κ1) is 52.3. The Kier molecular flexibility index (Phi) is 16.7. The van der Waals surface area contributed by atoms with E-state index in [2.05, 4.69) is 26.6 Å². The van der Waals surface area contributed by atoms with Gasteiger partial charge in [0.1, 0.15) is 15.8 Å². The number of ether oxygens (including phenoxy) is 1. The fraction of sp³-hybridized carbons (Fsp3) is 0.408. The van der Waals surface area contributed by atoms with Crippen LogP contribution in [0, 0.1) is 0 Å². The Labute approximate surface area is 419 Å². The van der Waals surface area contributed by atoms with Gasteiger partial charge in [-0.2, -0.15) is 0 Å². The molecule has 1 atom stereocenters. The largest absolute Gasteiger partial charge is 0.479 e. The van der Waals surface area contributed by atoms with Crippen molar-refractivity contribution in [3.05, 3.63) is 93.3 Å². The summed E-state index contributed by atoms with van der Waals surface area (Å²) in [5.41, 5.74) is 4.09. The van der Waals surface area contributed by atoms with Crippen molar-refractivity contribution in [2.45, 2.75) is 95.0 Å². The average Bonchev–Trinajstić information content (AvgIpc) is 3.85. The van der Waals surface area contributed by atoms with Crippen LogP contribution in [-0.2, 0) is 45.3 Å². The number of piperidine rings is 2. The highest BCUT2D eigenvalue weighted by atomic mass is 35.5. The molecular weight excluding hydrogens is 978 g/mol. The molecule has 22 heteroatoms. The van der Waals surface area contributed by atoms with E-state index in [1.165, 1.54) is 9.21 Å². The van der Waals surface area contributed by atoms with Crippen molar-refractivity contribution in [2.24, 2.45) is 0 Å². The monoisotopic (exact) mass is 1030 g/mol. The maximum absolute atomic E-state index is 14.2. The number of carbonyl (C=O) groups excluding carboxylic acids is 5.